The molecule has 2 heterocycles. The van der Waals surface area contributed by atoms with Crippen molar-refractivity contribution in [2.24, 2.45) is 0 Å². The van der Waals surface area contributed by atoms with E-state index in [9.17, 15) is 9.90 Å². The molecule has 268 valence electrons. The lowest BCUT2D eigenvalue weighted by atomic mass is 9.98. The summed E-state index contributed by atoms with van der Waals surface area (Å²) in [6.07, 6.45) is 9.90. The van der Waals surface area contributed by atoms with Crippen LogP contribution < -0.4 is 4.90 Å². The van der Waals surface area contributed by atoms with Gasteiger partial charge in [0.15, 0.2) is 0 Å². The highest BCUT2D eigenvalue weighted by atomic mass is 32.1. The quantitative estimate of drug-likeness (QED) is 0.0643. The summed E-state index contributed by atoms with van der Waals surface area (Å²) in [5, 5.41) is 9.26. The molecule has 54 heavy (non-hydrogen) atoms. The molecule has 1 N–H and O–H groups in total. The third kappa shape index (κ3) is 8.18. The monoisotopic (exact) mass is 744 g/mol. The van der Waals surface area contributed by atoms with Crippen LogP contribution in [0.3, 0.4) is 0 Å². The fraction of sp³-hybridized carbons (Fsp3) is 0.174. The van der Waals surface area contributed by atoms with Crippen molar-refractivity contribution in [3.05, 3.63) is 156 Å². The highest BCUT2D eigenvalue weighted by molar-refractivity contribution is 7.19. The van der Waals surface area contributed by atoms with Crippen LogP contribution >= 0.6 is 23.1 Å². The number of benzene rings is 5. The molecule has 0 spiro atoms. The molecule has 7 rings (SSSR count). The van der Waals surface area contributed by atoms with Crippen molar-refractivity contribution in [1.29, 1.82) is 0 Å². The zero-order chi connectivity index (χ0) is 37.3. The fourth-order valence-corrected chi connectivity index (χ4v) is 8.62. The Morgan fingerprint density at radius 3 is 1.93 bits per heavy atom. The molecule has 8 heteroatoms. The minimum atomic E-state index is -1.23. The van der Waals surface area contributed by atoms with E-state index in [4.69, 9.17) is 15.3 Å². The van der Waals surface area contributed by atoms with Gasteiger partial charge < -0.3 is 10.0 Å². The van der Waals surface area contributed by atoms with E-state index in [1.807, 2.05) is 47.7 Å². The number of carbonyl (C=O) groups is 1. The number of unbranched alkanes of at least 4 members (excludes halogenated alkanes) is 5. The van der Waals surface area contributed by atoms with Crippen molar-refractivity contribution in [1.82, 2.24) is 8.75 Å². The predicted octanol–water partition coefficient (Wildman–Crippen LogP) is 13.5. The Kier molecular flexibility index (Phi) is 11.7. The molecular weight excluding hydrogens is 705 g/mol. The number of rotatable bonds is 15. The number of anilines is 3. The summed E-state index contributed by atoms with van der Waals surface area (Å²) in [6.45, 7) is 9.41. The van der Waals surface area contributed by atoms with E-state index in [2.05, 4.69) is 108 Å². The van der Waals surface area contributed by atoms with Gasteiger partial charge in [-0.2, -0.15) is 8.75 Å². The molecule has 0 aliphatic carbocycles. The van der Waals surface area contributed by atoms with E-state index in [0.29, 0.717) is 5.56 Å². The second-order valence-corrected chi connectivity index (χ2v) is 14.8. The van der Waals surface area contributed by atoms with Crippen LogP contribution in [-0.2, 0) is 11.2 Å². The molecule has 5 aromatic carbocycles. The molecule has 0 unspecified atom stereocenters. The topological polar surface area (TPSA) is 70.7 Å². The maximum atomic E-state index is 11.3. The van der Waals surface area contributed by atoms with Crippen molar-refractivity contribution in [3.8, 4) is 32.0 Å². The summed E-state index contributed by atoms with van der Waals surface area (Å²) >= 11 is 3.03. The van der Waals surface area contributed by atoms with E-state index in [-0.39, 0.29) is 5.70 Å². The van der Waals surface area contributed by atoms with Crippen molar-refractivity contribution in [2.75, 3.05) is 4.90 Å². The van der Waals surface area contributed by atoms with Gasteiger partial charge in [0.1, 0.15) is 11.0 Å². The Hall–Kier alpha value is -5.88. The second-order valence-electron chi connectivity index (χ2n) is 13.2. The van der Waals surface area contributed by atoms with Gasteiger partial charge in [0.2, 0.25) is 0 Å². The highest BCUT2D eigenvalue weighted by Gasteiger charge is 2.19. The third-order valence-electron chi connectivity index (χ3n) is 9.57. The summed E-state index contributed by atoms with van der Waals surface area (Å²) in [7, 11) is 0. The number of aryl methyl sites for hydroxylation is 1. The second kappa shape index (κ2) is 17.3. The Labute approximate surface area is 324 Å². The molecule has 0 radical (unpaired) electrons. The number of fused-ring (bicyclic) bond motifs is 1. The lowest BCUT2D eigenvalue weighted by Gasteiger charge is -2.25. The number of nitrogens with zero attached hydrogens (tertiary/aromatic N) is 4. The van der Waals surface area contributed by atoms with Crippen LogP contribution in [0.15, 0.2) is 133 Å². The van der Waals surface area contributed by atoms with Crippen LogP contribution in [0.1, 0.15) is 56.6 Å². The van der Waals surface area contributed by atoms with Gasteiger partial charge in [0, 0.05) is 37.9 Å². The van der Waals surface area contributed by atoms with Gasteiger partial charge in [-0.05, 0) is 83.6 Å². The molecule has 0 fully saturated rings. The van der Waals surface area contributed by atoms with Gasteiger partial charge >= 0.3 is 5.97 Å². The van der Waals surface area contributed by atoms with Crippen LogP contribution in [-0.4, -0.2) is 19.8 Å². The first-order chi connectivity index (χ1) is 26.5. The van der Waals surface area contributed by atoms with E-state index in [0.717, 1.165) is 57.6 Å². The van der Waals surface area contributed by atoms with Crippen LogP contribution in [0.5, 0.6) is 0 Å². The average Bonchev–Trinajstić information content (AvgIpc) is 3.88. The van der Waals surface area contributed by atoms with Crippen LogP contribution in [0.2, 0.25) is 0 Å². The van der Waals surface area contributed by atoms with E-state index in [1.54, 1.807) is 0 Å². The van der Waals surface area contributed by atoms with E-state index < -0.39 is 5.97 Å². The fourth-order valence-electron chi connectivity index (χ4n) is 6.81. The molecule has 0 atom stereocenters. The Morgan fingerprint density at radius 1 is 0.722 bits per heavy atom. The smallest absolute Gasteiger partial charge is 0.333 e. The standard InChI is InChI=1S/C46H40N4O2S2/c1-3-4-5-6-7-10-15-35-31-42(40-29-28-39(43-44(40)49-54-48-43)33-22-20-32(21-23-33)30-41(47-2)46(51)52)53-45(35)34-24-26-38(27-25-34)50(36-16-11-8-12-17-36)37-18-13-9-14-19-37/h8-9,11-14,16-31H,3-7,10,15H2,1H3,(H,51,52)/b41-30-. The maximum Gasteiger partial charge on any atom is 0.333 e. The number of hydrogen-bond donors (Lipinski definition) is 1. The Bertz CT molecular complexity index is 2370. The number of carboxylic acid groups (broad SMARTS) is 1. The SMILES string of the molecule is [C-]#[N+]/C(=C\c1ccc(-c2ccc(-c3cc(CCCCCCCC)c(-c4ccc(N(c5ccccc5)c5ccccc5)cc4)s3)c3nsnc23)cc1)C(=O)O. The summed E-state index contributed by atoms with van der Waals surface area (Å²) in [4.78, 5) is 19.2. The minimum absolute atomic E-state index is 0.318. The first kappa shape index (κ1) is 36.5. The van der Waals surface area contributed by atoms with Crippen LogP contribution in [0.25, 0.3) is 54.0 Å². The molecule has 0 amide bonds. The number of carboxylic acids is 1. The molecule has 2 aromatic heterocycles. The number of aliphatic carboxylic acids is 1. The molecular formula is C46H40N4O2S2. The van der Waals surface area contributed by atoms with Crippen LogP contribution in [0, 0.1) is 6.57 Å². The predicted molar refractivity (Wildman–Crippen MR) is 226 cm³/mol. The minimum Gasteiger partial charge on any atom is -0.486 e. The molecule has 0 bridgehead atoms. The maximum absolute atomic E-state index is 11.3. The van der Waals surface area contributed by atoms with E-state index in [1.165, 1.54) is 70.8 Å². The summed E-state index contributed by atoms with van der Waals surface area (Å²) in [5.74, 6) is -1.23. The Morgan fingerprint density at radius 2 is 1.30 bits per heavy atom. The van der Waals surface area contributed by atoms with Gasteiger partial charge in [-0.3, -0.25) is 4.79 Å². The summed E-state index contributed by atoms with van der Waals surface area (Å²) in [5.41, 5.74) is 10.9. The lowest BCUT2D eigenvalue weighted by Crippen LogP contribution is -2.09. The Balaban J connectivity index is 1.22. The zero-order valence-corrected chi connectivity index (χ0v) is 31.7. The van der Waals surface area contributed by atoms with Crippen molar-refractivity contribution < 1.29 is 9.90 Å². The van der Waals surface area contributed by atoms with E-state index >= 15 is 0 Å². The number of para-hydroxylation sites is 2. The molecule has 7 aromatic rings. The zero-order valence-electron chi connectivity index (χ0n) is 30.1. The number of thiophene rings is 1. The summed E-state index contributed by atoms with van der Waals surface area (Å²) in [6, 6.07) is 44.1. The van der Waals surface area contributed by atoms with Gasteiger partial charge in [-0.25, -0.2) is 4.85 Å². The molecule has 0 saturated carbocycles. The molecule has 0 aliphatic rings. The van der Waals surface area contributed by atoms with Gasteiger partial charge in [0.05, 0.1) is 18.3 Å². The largest absolute Gasteiger partial charge is 0.486 e. The van der Waals surface area contributed by atoms with Crippen molar-refractivity contribution in [3.63, 3.8) is 0 Å². The number of hydrogen-bond acceptors (Lipinski definition) is 6. The highest BCUT2D eigenvalue weighted by Crippen LogP contribution is 2.44. The van der Waals surface area contributed by atoms with Gasteiger partial charge in [-0.15, -0.1) is 11.3 Å². The van der Waals surface area contributed by atoms with Crippen LogP contribution in [0.4, 0.5) is 17.1 Å². The van der Waals surface area contributed by atoms with Crippen molar-refractivity contribution in [2.45, 2.75) is 51.9 Å². The molecule has 6 nitrogen and oxygen atoms in total. The first-order valence-electron chi connectivity index (χ1n) is 18.4. The van der Waals surface area contributed by atoms with Gasteiger partial charge in [-0.1, -0.05) is 124 Å². The lowest BCUT2D eigenvalue weighted by molar-refractivity contribution is -0.132. The van der Waals surface area contributed by atoms with Crippen molar-refractivity contribution >= 4 is 63.2 Å². The average molecular weight is 745 g/mol. The molecule has 0 saturated heterocycles. The summed E-state index contributed by atoms with van der Waals surface area (Å²) < 4.78 is 9.53. The first-order valence-corrected chi connectivity index (χ1v) is 19.9. The van der Waals surface area contributed by atoms with Gasteiger partial charge in [0.25, 0.3) is 5.70 Å². The third-order valence-corrected chi connectivity index (χ3v) is 11.4. The number of aromatic nitrogens is 2. The molecule has 0 aliphatic heterocycles. The normalized spacial score (nSPS) is 11.4.